The molecule has 1 aliphatic rings. The van der Waals surface area contributed by atoms with Crippen molar-refractivity contribution in [2.45, 2.75) is 0 Å². The fourth-order valence-corrected chi connectivity index (χ4v) is 2.13. The van der Waals surface area contributed by atoms with Crippen LogP contribution in [0.5, 0.6) is 5.75 Å². The van der Waals surface area contributed by atoms with Gasteiger partial charge in [0, 0.05) is 31.9 Å². The molecule has 6 nitrogen and oxygen atoms in total. The first-order chi connectivity index (χ1) is 10.3. The first-order valence-corrected chi connectivity index (χ1v) is 7.22. The molecule has 1 saturated heterocycles. The SMILES string of the molecule is COc1ccc(NCC(=O)NCCN2CCOCC2)cc1. The molecule has 0 aromatic heterocycles. The van der Waals surface area contributed by atoms with Crippen molar-refractivity contribution < 1.29 is 14.3 Å². The van der Waals surface area contributed by atoms with Crippen LogP contribution < -0.4 is 15.4 Å². The summed E-state index contributed by atoms with van der Waals surface area (Å²) in [6.45, 7) is 5.27. The van der Waals surface area contributed by atoms with E-state index in [0.717, 1.165) is 44.3 Å². The standard InChI is InChI=1S/C15H23N3O3/c1-20-14-4-2-13(3-5-14)17-12-15(19)16-6-7-18-8-10-21-11-9-18/h2-5,17H,6-12H2,1H3,(H,16,19). The number of carbonyl (C=O) groups excluding carboxylic acids is 1. The van der Waals surface area contributed by atoms with Crippen LogP contribution in [0.25, 0.3) is 0 Å². The first kappa shape index (κ1) is 15.6. The highest BCUT2D eigenvalue weighted by Crippen LogP contribution is 2.14. The highest BCUT2D eigenvalue weighted by atomic mass is 16.5. The Balaban J connectivity index is 1.60. The van der Waals surface area contributed by atoms with Gasteiger partial charge in [0.05, 0.1) is 26.9 Å². The Morgan fingerprint density at radius 2 is 2.00 bits per heavy atom. The van der Waals surface area contributed by atoms with Crippen LogP contribution in [0.4, 0.5) is 5.69 Å². The van der Waals surface area contributed by atoms with Gasteiger partial charge in [0.2, 0.25) is 5.91 Å². The smallest absolute Gasteiger partial charge is 0.239 e. The van der Waals surface area contributed by atoms with Gasteiger partial charge in [-0.1, -0.05) is 0 Å². The molecule has 1 amide bonds. The summed E-state index contributed by atoms with van der Waals surface area (Å²) in [6.07, 6.45) is 0. The van der Waals surface area contributed by atoms with Crippen LogP contribution in [-0.4, -0.2) is 63.9 Å². The maximum atomic E-state index is 11.7. The Morgan fingerprint density at radius 3 is 2.67 bits per heavy atom. The van der Waals surface area contributed by atoms with Gasteiger partial charge >= 0.3 is 0 Å². The van der Waals surface area contributed by atoms with E-state index in [1.165, 1.54) is 0 Å². The number of ether oxygens (including phenoxy) is 2. The van der Waals surface area contributed by atoms with Crippen LogP contribution in [0.2, 0.25) is 0 Å². The molecule has 0 bridgehead atoms. The molecule has 1 aromatic carbocycles. The number of benzene rings is 1. The van der Waals surface area contributed by atoms with Crippen molar-refractivity contribution >= 4 is 11.6 Å². The second-order valence-electron chi connectivity index (χ2n) is 4.89. The number of methoxy groups -OCH3 is 1. The van der Waals surface area contributed by atoms with Gasteiger partial charge in [0.25, 0.3) is 0 Å². The Kier molecular flexibility index (Phi) is 6.30. The van der Waals surface area contributed by atoms with Gasteiger partial charge in [-0.3, -0.25) is 9.69 Å². The largest absolute Gasteiger partial charge is 0.497 e. The average Bonchev–Trinajstić information content (AvgIpc) is 2.54. The van der Waals surface area contributed by atoms with E-state index >= 15 is 0 Å². The summed E-state index contributed by atoms with van der Waals surface area (Å²) in [7, 11) is 1.63. The number of hydrogen-bond donors (Lipinski definition) is 2. The van der Waals surface area contributed by atoms with Crippen molar-refractivity contribution in [1.29, 1.82) is 0 Å². The molecule has 0 spiro atoms. The number of nitrogens with zero attached hydrogens (tertiary/aromatic N) is 1. The van der Waals surface area contributed by atoms with Crippen molar-refractivity contribution in [2.75, 3.05) is 58.4 Å². The molecule has 0 atom stereocenters. The fourth-order valence-electron chi connectivity index (χ4n) is 2.13. The van der Waals surface area contributed by atoms with Crippen LogP contribution in [0.15, 0.2) is 24.3 Å². The average molecular weight is 293 g/mol. The number of anilines is 1. The zero-order valence-electron chi connectivity index (χ0n) is 12.4. The molecular weight excluding hydrogens is 270 g/mol. The molecule has 6 heteroatoms. The van der Waals surface area contributed by atoms with E-state index < -0.39 is 0 Å². The predicted molar refractivity (Wildman–Crippen MR) is 81.8 cm³/mol. The lowest BCUT2D eigenvalue weighted by Crippen LogP contribution is -2.42. The molecule has 0 aliphatic carbocycles. The number of rotatable bonds is 7. The molecule has 1 aromatic rings. The fraction of sp³-hybridized carbons (Fsp3) is 0.533. The molecule has 21 heavy (non-hydrogen) atoms. The molecule has 2 N–H and O–H groups in total. The minimum atomic E-state index is -0.000854. The molecule has 1 aliphatic heterocycles. The second-order valence-corrected chi connectivity index (χ2v) is 4.89. The highest BCUT2D eigenvalue weighted by Gasteiger charge is 2.09. The zero-order valence-corrected chi connectivity index (χ0v) is 12.4. The predicted octanol–water partition coefficient (Wildman–Crippen LogP) is 0.556. The number of hydrogen-bond acceptors (Lipinski definition) is 5. The molecule has 0 unspecified atom stereocenters. The van der Waals surface area contributed by atoms with Crippen LogP contribution in [-0.2, 0) is 9.53 Å². The molecule has 0 saturated carbocycles. The highest BCUT2D eigenvalue weighted by molar-refractivity contribution is 5.80. The van der Waals surface area contributed by atoms with Gasteiger partial charge in [0.1, 0.15) is 5.75 Å². The summed E-state index contributed by atoms with van der Waals surface area (Å²) < 4.78 is 10.4. The number of carbonyl (C=O) groups is 1. The Labute approximate surface area is 125 Å². The summed E-state index contributed by atoms with van der Waals surface area (Å²) in [5, 5.41) is 6.00. The van der Waals surface area contributed by atoms with Crippen molar-refractivity contribution in [3.05, 3.63) is 24.3 Å². The van der Waals surface area contributed by atoms with Crippen LogP contribution in [0.1, 0.15) is 0 Å². The van der Waals surface area contributed by atoms with Crippen molar-refractivity contribution in [2.24, 2.45) is 0 Å². The topological polar surface area (TPSA) is 62.8 Å². The minimum absolute atomic E-state index is 0.000854. The zero-order chi connectivity index (χ0) is 14.9. The van der Waals surface area contributed by atoms with E-state index in [-0.39, 0.29) is 12.5 Å². The summed E-state index contributed by atoms with van der Waals surface area (Å²) >= 11 is 0. The Hall–Kier alpha value is -1.79. The van der Waals surface area contributed by atoms with Gasteiger partial charge in [-0.05, 0) is 24.3 Å². The number of nitrogens with one attached hydrogen (secondary N) is 2. The van der Waals surface area contributed by atoms with E-state index in [2.05, 4.69) is 15.5 Å². The quantitative estimate of drug-likeness (QED) is 0.769. The van der Waals surface area contributed by atoms with Gasteiger partial charge in [-0.15, -0.1) is 0 Å². The Bertz CT molecular complexity index is 430. The van der Waals surface area contributed by atoms with Gasteiger partial charge < -0.3 is 20.1 Å². The molecule has 1 fully saturated rings. The third-order valence-electron chi connectivity index (χ3n) is 3.40. The lowest BCUT2D eigenvalue weighted by Gasteiger charge is -2.26. The first-order valence-electron chi connectivity index (χ1n) is 7.22. The maximum absolute atomic E-state index is 11.7. The summed E-state index contributed by atoms with van der Waals surface area (Å²) in [6, 6.07) is 7.50. The monoisotopic (exact) mass is 293 g/mol. The van der Waals surface area contributed by atoms with Crippen molar-refractivity contribution in [3.63, 3.8) is 0 Å². The van der Waals surface area contributed by atoms with E-state index in [1.807, 2.05) is 24.3 Å². The molecule has 2 rings (SSSR count). The summed E-state index contributed by atoms with van der Waals surface area (Å²) in [5.41, 5.74) is 0.902. The van der Waals surface area contributed by atoms with E-state index in [9.17, 15) is 4.79 Å². The van der Waals surface area contributed by atoms with Crippen molar-refractivity contribution in [3.8, 4) is 5.75 Å². The molecule has 0 radical (unpaired) electrons. The third kappa shape index (κ3) is 5.61. The van der Waals surface area contributed by atoms with E-state index in [0.29, 0.717) is 6.54 Å². The summed E-state index contributed by atoms with van der Waals surface area (Å²) in [4.78, 5) is 14.0. The summed E-state index contributed by atoms with van der Waals surface area (Å²) in [5.74, 6) is 0.801. The van der Waals surface area contributed by atoms with Crippen molar-refractivity contribution in [1.82, 2.24) is 10.2 Å². The molecule has 1 heterocycles. The van der Waals surface area contributed by atoms with E-state index in [4.69, 9.17) is 9.47 Å². The molecule has 116 valence electrons. The third-order valence-corrected chi connectivity index (χ3v) is 3.40. The normalized spacial score (nSPS) is 15.5. The number of morpholine rings is 1. The second kappa shape index (κ2) is 8.49. The van der Waals surface area contributed by atoms with E-state index in [1.54, 1.807) is 7.11 Å². The van der Waals surface area contributed by atoms with Crippen LogP contribution in [0, 0.1) is 0 Å². The Morgan fingerprint density at radius 1 is 1.29 bits per heavy atom. The minimum Gasteiger partial charge on any atom is -0.497 e. The van der Waals surface area contributed by atoms with Gasteiger partial charge in [-0.25, -0.2) is 0 Å². The molecular formula is C15H23N3O3. The van der Waals surface area contributed by atoms with Gasteiger partial charge in [0.15, 0.2) is 0 Å². The van der Waals surface area contributed by atoms with Crippen LogP contribution in [0.3, 0.4) is 0 Å². The lowest BCUT2D eigenvalue weighted by atomic mass is 10.3. The van der Waals surface area contributed by atoms with Crippen LogP contribution >= 0.6 is 0 Å². The maximum Gasteiger partial charge on any atom is 0.239 e. The van der Waals surface area contributed by atoms with Gasteiger partial charge in [-0.2, -0.15) is 0 Å². The number of amides is 1. The lowest BCUT2D eigenvalue weighted by molar-refractivity contribution is -0.119.